The summed E-state index contributed by atoms with van der Waals surface area (Å²) in [5.41, 5.74) is 3.55. The first-order chi connectivity index (χ1) is 22.5. The largest absolute Gasteiger partial charge is 0.493 e. The summed E-state index contributed by atoms with van der Waals surface area (Å²) in [6.45, 7) is 10.1. The van der Waals surface area contributed by atoms with Crippen LogP contribution in [0.25, 0.3) is 0 Å². The van der Waals surface area contributed by atoms with E-state index in [2.05, 4.69) is 50.8 Å². The molecule has 0 bridgehead atoms. The Morgan fingerprint density at radius 1 is 0.717 bits per heavy atom. The summed E-state index contributed by atoms with van der Waals surface area (Å²) in [5.74, 6) is 8.36. The maximum Gasteiger partial charge on any atom is 0.189 e. The molecule has 258 valence electrons. The number of rotatable bonds is 27. The third-order valence-corrected chi connectivity index (χ3v) is 9.93. The molecule has 0 aliphatic carbocycles. The molecule has 3 nitrogen and oxygen atoms in total. The van der Waals surface area contributed by atoms with Crippen molar-refractivity contribution in [3.05, 3.63) is 59.2 Å². The smallest absolute Gasteiger partial charge is 0.189 e. The molecule has 0 fully saturated rings. The van der Waals surface area contributed by atoms with E-state index in [9.17, 15) is 4.21 Å². The van der Waals surface area contributed by atoms with Crippen LogP contribution in [0.5, 0.6) is 5.75 Å². The van der Waals surface area contributed by atoms with E-state index in [-0.39, 0.29) is 0 Å². The van der Waals surface area contributed by atoms with Crippen LogP contribution in [0, 0.1) is 24.7 Å². The van der Waals surface area contributed by atoms with E-state index in [1.165, 1.54) is 108 Å². The van der Waals surface area contributed by atoms with Gasteiger partial charge in [0.05, 0.1) is 18.1 Å². The van der Waals surface area contributed by atoms with Gasteiger partial charge in [0.15, 0.2) is 11.1 Å². The highest BCUT2D eigenvalue weighted by atomic mass is 32.2. The molecule has 0 aliphatic rings. The van der Waals surface area contributed by atoms with Gasteiger partial charge in [-0.25, -0.2) is 4.21 Å². The number of hydrogen-bond donors (Lipinski definition) is 0. The van der Waals surface area contributed by atoms with Gasteiger partial charge in [-0.3, -0.25) is 4.18 Å². The molecule has 0 spiro atoms. The molecule has 2 aromatic carbocycles. The predicted octanol–water partition coefficient (Wildman–Crippen LogP) is 12.5. The lowest BCUT2D eigenvalue weighted by Gasteiger charge is -2.16. The molecule has 0 saturated carbocycles. The molecule has 4 heteroatoms. The molecule has 0 saturated heterocycles. The SMILES string of the molecule is CCCCCCCCCCCCCCCc1cc(C#CCCCCOS(=O)c2ccc(C)cc2)cc(OCC(CC)CCCC)c1. The van der Waals surface area contributed by atoms with Gasteiger partial charge < -0.3 is 4.74 Å². The minimum Gasteiger partial charge on any atom is -0.493 e. The summed E-state index contributed by atoms with van der Waals surface area (Å²) in [5, 5.41) is 0. The molecular formula is C42H66O3S. The average Bonchev–Trinajstić information content (AvgIpc) is 3.06. The lowest BCUT2D eigenvalue weighted by molar-refractivity contribution is 0.233. The van der Waals surface area contributed by atoms with Crippen LogP contribution >= 0.6 is 0 Å². The van der Waals surface area contributed by atoms with E-state index in [1.807, 2.05) is 31.2 Å². The number of benzene rings is 2. The number of unbranched alkanes of at least 4 members (excludes halogenated alkanes) is 15. The zero-order valence-electron chi connectivity index (χ0n) is 30.0. The molecule has 2 rings (SSSR count). The van der Waals surface area contributed by atoms with Gasteiger partial charge in [0.2, 0.25) is 0 Å². The molecule has 46 heavy (non-hydrogen) atoms. The topological polar surface area (TPSA) is 35.5 Å². The molecule has 2 aromatic rings. The fourth-order valence-corrected chi connectivity index (χ4v) is 6.52. The van der Waals surface area contributed by atoms with E-state index >= 15 is 0 Å². The normalized spacial score (nSPS) is 12.4. The molecule has 2 unspecified atom stereocenters. The van der Waals surface area contributed by atoms with Crippen LogP contribution in [0.15, 0.2) is 47.4 Å². The summed E-state index contributed by atoms with van der Waals surface area (Å²) < 4.78 is 24.2. The van der Waals surface area contributed by atoms with E-state index in [0.29, 0.717) is 12.5 Å². The van der Waals surface area contributed by atoms with Gasteiger partial charge in [0.1, 0.15) is 5.75 Å². The van der Waals surface area contributed by atoms with Gasteiger partial charge in [0.25, 0.3) is 0 Å². The van der Waals surface area contributed by atoms with Crippen molar-refractivity contribution < 1.29 is 13.1 Å². The van der Waals surface area contributed by atoms with Gasteiger partial charge in [-0.2, -0.15) is 0 Å². The van der Waals surface area contributed by atoms with Crippen molar-refractivity contribution in [2.45, 2.75) is 167 Å². The minimum absolute atomic E-state index is 0.478. The van der Waals surface area contributed by atoms with Crippen LogP contribution in [0.3, 0.4) is 0 Å². The van der Waals surface area contributed by atoms with Crippen molar-refractivity contribution >= 4 is 11.1 Å². The maximum absolute atomic E-state index is 12.3. The summed E-state index contributed by atoms with van der Waals surface area (Å²) in [7, 11) is 0. The van der Waals surface area contributed by atoms with Crippen LogP contribution in [-0.2, 0) is 21.7 Å². The molecule has 0 heterocycles. The molecule has 0 aliphatic heterocycles. The quantitative estimate of drug-likeness (QED) is 0.0713. The Labute approximate surface area is 286 Å². The fourth-order valence-electron chi connectivity index (χ4n) is 5.75. The number of ether oxygens (including phenoxy) is 1. The monoisotopic (exact) mass is 650 g/mol. The van der Waals surface area contributed by atoms with E-state index in [4.69, 9.17) is 8.92 Å². The van der Waals surface area contributed by atoms with Crippen molar-refractivity contribution in [1.29, 1.82) is 0 Å². The third-order valence-electron chi connectivity index (χ3n) is 8.90. The van der Waals surface area contributed by atoms with E-state index in [0.717, 1.165) is 60.5 Å². The van der Waals surface area contributed by atoms with E-state index in [1.54, 1.807) is 0 Å². The van der Waals surface area contributed by atoms with Gasteiger partial charge in [-0.05, 0) is 80.8 Å². The van der Waals surface area contributed by atoms with Gasteiger partial charge in [-0.15, -0.1) is 0 Å². The first kappa shape index (κ1) is 40.1. The summed E-state index contributed by atoms with van der Waals surface area (Å²) in [6, 6.07) is 14.3. The summed E-state index contributed by atoms with van der Waals surface area (Å²) in [6.07, 6.45) is 26.5. The Morgan fingerprint density at radius 3 is 1.98 bits per heavy atom. The Morgan fingerprint density at radius 2 is 1.35 bits per heavy atom. The highest BCUT2D eigenvalue weighted by molar-refractivity contribution is 7.80. The van der Waals surface area contributed by atoms with Crippen LogP contribution in [-0.4, -0.2) is 17.4 Å². The van der Waals surface area contributed by atoms with Crippen LogP contribution in [0.4, 0.5) is 0 Å². The lowest BCUT2D eigenvalue weighted by atomic mass is 10.00. The Bertz CT molecular complexity index is 1110. The summed E-state index contributed by atoms with van der Waals surface area (Å²) in [4.78, 5) is 0.720. The minimum atomic E-state index is -1.40. The Balaban J connectivity index is 1.77. The molecule has 2 atom stereocenters. The van der Waals surface area contributed by atoms with Crippen molar-refractivity contribution in [1.82, 2.24) is 0 Å². The first-order valence-corrected chi connectivity index (χ1v) is 20.0. The fraction of sp³-hybridized carbons (Fsp3) is 0.667. The van der Waals surface area contributed by atoms with Crippen molar-refractivity contribution in [2.75, 3.05) is 13.2 Å². The van der Waals surface area contributed by atoms with Gasteiger partial charge in [-0.1, -0.05) is 147 Å². The molecule has 0 radical (unpaired) electrons. The lowest BCUT2D eigenvalue weighted by Crippen LogP contribution is -2.11. The Kier molecular flexibility index (Phi) is 23.5. The Hall–Kier alpha value is -2.09. The van der Waals surface area contributed by atoms with E-state index < -0.39 is 11.1 Å². The standard InChI is InChI=1S/C42H66O3S/c1-5-8-10-11-12-13-14-15-16-17-18-19-22-26-39-33-40(35-41(34-39)44-36-38(7-3)25-9-6-2)27-23-20-21-24-32-45-46(43)42-30-28-37(4)29-31-42/h28-31,33-35,38H,5-22,24-26,32,36H2,1-4H3. The highest BCUT2D eigenvalue weighted by Gasteiger charge is 2.09. The van der Waals surface area contributed by atoms with Crippen LogP contribution in [0.2, 0.25) is 0 Å². The zero-order chi connectivity index (χ0) is 33.1. The summed E-state index contributed by atoms with van der Waals surface area (Å²) >= 11 is -1.40. The predicted molar refractivity (Wildman–Crippen MR) is 199 cm³/mol. The van der Waals surface area contributed by atoms with Crippen molar-refractivity contribution in [3.63, 3.8) is 0 Å². The average molecular weight is 651 g/mol. The second-order valence-corrected chi connectivity index (χ2v) is 14.4. The molecule has 0 aromatic heterocycles. The third kappa shape index (κ3) is 19.5. The molecule has 0 N–H and O–H groups in total. The molecule has 0 amide bonds. The van der Waals surface area contributed by atoms with Crippen LogP contribution < -0.4 is 4.74 Å². The maximum atomic E-state index is 12.3. The van der Waals surface area contributed by atoms with Gasteiger partial charge in [0, 0.05) is 12.0 Å². The van der Waals surface area contributed by atoms with Crippen LogP contribution in [0.1, 0.15) is 166 Å². The number of aryl methyl sites for hydroxylation is 2. The van der Waals surface area contributed by atoms with Crippen molar-refractivity contribution in [3.8, 4) is 17.6 Å². The second-order valence-electron chi connectivity index (χ2n) is 13.2. The number of hydrogen-bond acceptors (Lipinski definition) is 3. The first-order valence-electron chi connectivity index (χ1n) is 18.9. The van der Waals surface area contributed by atoms with Crippen molar-refractivity contribution in [2.24, 2.45) is 5.92 Å². The van der Waals surface area contributed by atoms with Gasteiger partial charge >= 0.3 is 0 Å². The molecular weight excluding hydrogens is 585 g/mol. The highest BCUT2D eigenvalue weighted by Crippen LogP contribution is 2.22. The second kappa shape index (κ2) is 26.9. The zero-order valence-corrected chi connectivity index (χ0v) is 30.8.